The lowest BCUT2D eigenvalue weighted by molar-refractivity contribution is -0.116. The van der Waals surface area contributed by atoms with Crippen LogP contribution in [0.25, 0.3) is 0 Å². The van der Waals surface area contributed by atoms with Gasteiger partial charge in [-0.25, -0.2) is 4.39 Å². The quantitative estimate of drug-likeness (QED) is 0.664. The van der Waals surface area contributed by atoms with E-state index in [0.29, 0.717) is 29.7 Å². The van der Waals surface area contributed by atoms with Crippen LogP contribution in [0, 0.1) is 5.82 Å². The van der Waals surface area contributed by atoms with Gasteiger partial charge in [-0.2, -0.15) is 5.10 Å². The fourth-order valence-electron chi connectivity index (χ4n) is 2.44. The Morgan fingerprint density at radius 2 is 1.80 bits per heavy atom. The van der Waals surface area contributed by atoms with E-state index in [9.17, 15) is 9.18 Å². The number of anilines is 1. The number of carbonyl (C=O) groups excluding carboxylic acids is 1. The van der Waals surface area contributed by atoms with Crippen LogP contribution in [0.2, 0.25) is 0 Å². The third-order valence-electron chi connectivity index (χ3n) is 3.72. The van der Waals surface area contributed by atoms with Gasteiger partial charge in [0.2, 0.25) is 5.91 Å². The van der Waals surface area contributed by atoms with E-state index in [-0.39, 0.29) is 11.7 Å². The van der Waals surface area contributed by atoms with Crippen LogP contribution in [-0.4, -0.2) is 15.7 Å². The number of aromatic nitrogens is 2. The van der Waals surface area contributed by atoms with Crippen LogP contribution in [0.5, 0.6) is 0 Å². The number of rotatable bonds is 6. The fourth-order valence-corrected chi connectivity index (χ4v) is 2.85. The zero-order valence-electron chi connectivity index (χ0n) is 13.5. The van der Waals surface area contributed by atoms with Gasteiger partial charge in [-0.05, 0) is 45.6 Å². The predicted octanol–water partition coefficient (Wildman–Crippen LogP) is 4.40. The molecule has 2 aromatic carbocycles. The summed E-state index contributed by atoms with van der Waals surface area (Å²) in [5, 5.41) is 7.18. The number of aryl methyl sites for hydroxylation is 1. The number of nitrogens with one attached hydrogen (secondary N) is 1. The Morgan fingerprint density at radius 3 is 2.52 bits per heavy atom. The number of amides is 1. The summed E-state index contributed by atoms with van der Waals surface area (Å²) in [5.41, 5.74) is 2.05. The van der Waals surface area contributed by atoms with Gasteiger partial charge in [0.05, 0.1) is 11.0 Å². The summed E-state index contributed by atoms with van der Waals surface area (Å²) in [6.07, 6.45) is 2.86. The van der Waals surface area contributed by atoms with Gasteiger partial charge >= 0.3 is 0 Å². The molecular weight excluding hydrogens is 385 g/mol. The Morgan fingerprint density at radius 1 is 1.08 bits per heavy atom. The average Bonchev–Trinajstić information content (AvgIpc) is 2.95. The number of carbonyl (C=O) groups is 1. The van der Waals surface area contributed by atoms with Gasteiger partial charge in [0, 0.05) is 12.6 Å². The number of hydrogen-bond donors (Lipinski definition) is 1. The highest BCUT2D eigenvalue weighted by Gasteiger charge is 2.11. The molecule has 0 aliphatic rings. The molecule has 0 unspecified atom stereocenters. The molecular formula is C19H17BrFN3O. The molecule has 0 spiro atoms. The van der Waals surface area contributed by atoms with Crippen molar-refractivity contribution in [3.8, 4) is 0 Å². The van der Waals surface area contributed by atoms with Crippen molar-refractivity contribution in [2.45, 2.75) is 19.4 Å². The molecule has 0 fully saturated rings. The van der Waals surface area contributed by atoms with Crippen LogP contribution in [0.4, 0.5) is 10.2 Å². The number of nitrogens with zero attached hydrogens (tertiary/aromatic N) is 2. The van der Waals surface area contributed by atoms with Crippen molar-refractivity contribution in [3.63, 3.8) is 0 Å². The summed E-state index contributed by atoms with van der Waals surface area (Å²) < 4.78 is 15.4. The molecule has 3 rings (SSSR count). The number of benzene rings is 2. The molecule has 25 heavy (non-hydrogen) atoms. The monoisotopic (exact) mass is 401 g/mol. The first-order valence-electron chi connectivity index (χ1n) is 7.91. The molecule has 6 heteroatoms. The third kappa shape index (κ3) is 5.00. The van der Waals surface area contributed by atoms with Crippen molar-refractivity contribution in [3.05, 3.63) is 82.2 Å². The summed E-state index contributed by atoms with van der Waals surface area (Å²) in [6, 6.07) is 16.1. The summed E-state index contributed by atoms with van der Waals surface area (Å²) in [5.74, 6) is 0.133. The molecule has 1 aromatic heterocycles. The maximum absolute atomic E-state index is 13.0. The largest absolute Gasteiger partial charge is 0.308 e. The molecule has 128 valence electrons. The van der Waals surface area contributed by atoms with Gasteiger partial charge in [-0.1, -0.05) is 42.5 Å². The zero-order chi connectivity index (χ0) is 17.6. The molecule has 0 aliphatic carbocycles. The summed E-state index contributed by atoms with van der Waals surface area (Å²) in [4.78, 5) is 12.1. The molecule has 0 saturated heterocycles. The van der Waals surface area contributed by atoms with Crippen molar-refractivity contribution >= 4 is 27.7 Å². The minimum Gasteiger partial charge on any atom is -0.308 e. The maximum Gasteiger partial charge on any atom is 0.225 e. The molecule has 1 N–H and O–H groups in total. The van der Waals surface area contributed by atoms with E-state index >= 15 is 0 Å². The Bertz CT molecular complexity index is 847. The van der Waals surface area contributed by atoms with Gasteiger partial charge < -0.3 is 5.32 Å². The average molecular weight is 402 g/mol. The van der Waals surface area contributed by atoms with E-state index in [4.69, 9.17) is 0 Å². The van der Waals surface area contributed by atoms with E-state index < -0.39 is 0 Å². The molecule has 4 nitrogen and oxygen atoms in total. The third-order valence-corrected chi connectivity index (χ3v) is 4.30. The lowest BCUT2D eigenvalue weighted by atomic mass is 10.1. The normalized spacial score (nSPS) is 10.6. The van der Waals surface area contributed by atoms with E-state index in [1.807, 2.05) is 30.3 Å². The van der Waals surface area contributed by atoms with Gasteiger partial charge in [-0.15, -0.1) is 0 Å². The van der Waals surface area contributed by atoms with Crippen molar-refractivity contribution in [2.24, 2.45) is 0 Å². The van der Waals surface area contributed by atoms with Crippen molar-refractivity contribution < 1.29 is 9.18 Å². The summed E-state index contributed by atoms with van der Waals surface area (Å²) >= 11 is 3.41. The van der Waals surface area contributed by atoms with Crippen molar-refractivity contribution in [1.29, 1.82) is 0 Å². The first-order valence-corrected chi connectivity index (χ1v) is 8.70. The highest BCUT2D eigenvalue weighted by atomic mass is 79.9. The number of halogens is 2. The van der Waals surface area contributed by atoms with E-state index in [0.717, 1.165) is 11.1 Å². The highest BCUT2D eigenvalue weighted by molar-refractivity contribution is 9.10. The minimum absolute atomic E-state index is 0.0865. The molecule has 0 saturated carbocycles. The second kappa shape index (κ2) is 8.07. The molecule has 0 aliphatic heterocycles. The Labute approximate surface area is 153 Å². The Hall–Kier alpha value is -2.47. The Kier molecular flexibility index (Phi) is 5.60. The van der Waals surface area contributed by atoms with Crippen molar-refractivity contribution in [1.82, 2.24) is 9.78 Å². The van der Waals surface area contributed by atoms with Crippen LogP contribution in [0.3, 0.4) is 0 Å². The SMILES string of the molecule is O=C(CCc1ccccc1)Nc1nn(Cc2ccc(F)cc2)cc1Br. The van der Waals surface area contributed by atoms with E-state index in [1.54, 1.807) is 23.0 Å². The minimum atomic E-state index is -0.267. The van der Waals surface area contributed by atoms with Crippen LogP contribution < -0.4 is 5.32 Å². The van der Waals surface area contributed by atoms with Gasteiger partial charge in [0.15, 0.2) is 5.82 Å². The maximum atomic E-state index is 13.0. The molecule has 0 radical (unpaired) electrons. The Balaban J connectivity index is 1.58. The summed E-state index contributed by atoms with van der Waals surface area (Å²) in [6.45, 7) is 0.499. The molecule has 3 aromatic rings. The van der Waals surface area contributed by atoms with Crippen LogP contribution in [0.1, 0.15) is 17.5 Å². The molecule has 0 atom stereocenters. The standard InChI is InChI=1S/C19H17BrFN3O/c20-17-13-24(12-15-6-9-16(21)10-7-15)23-19(17)22-18(25)11-8-14-4-2-1-3-5-14/h1-7,9-10,13H,8,11-12H2,(H,22,23,25). The summed E-state index contributed by atoms with van der Waals surface area (Å²) in [7, 11) is 0. The van der Waals surface area contributed by atoms with Gasteiger partial charge in [0.25, 0.3) is 0 Å². The topological polar surface area (TPSA) is 46.9 Å². The van der Waals surface area contributed by atoms with E-state index in [2.05, 4.69) is 26.3 Å². The van der Waals surface area contributed by atoms with Gasteiger partial charge in [0.1, 0.15) is 5.82 Å². The second-order valence-corrected chi connectivity index (χ2v) is 6.54. The van der Waals surface area contributed by atoms with Gasteiger partial charge in [-0.3, -0.25) is 9.48 Å². The van der Waals surface area contributed by atoms with E-state index in [1.165, 1.54) is 12.1 Å². The van der Waals surface area contributed by atoms with Crippen LogP contribution in [-0.2, 0) is 17.8 Å². The van der Waals surface area contributed by atoms with Crippen LogP contribution >= 0.6 is 15.9 Å². The zero-order valence-corrected chi connectivity index (χ0v) is 15.0. The molecule has 1 heterocycles. The molecule has 1 amide bonds. The predicted molar refractivity (Wildman–Crippen MR) is 98.8 cm³/mol. The lowest BCUT2D eigenvalue weighted by Crippen LogP contribution is -2.13. The smallest absolute Gasteiger partial charge is 0.225 e. The highest BCUT2D eigenvalue weighted by Crippen LogP contribution is 2.21. The fraction of sp³-hybridized carbons (Fsp3) is 0.158. The van der Waals surface area contributed by atoms with Crippen molar-refractivity contribution in [2.75, 3.05) is 5.32 Å². The lowest BCUT2D eigenvalue weighted by Gasteiger charge is -2.04. The van der Waals surface area contributed by atoms with Crippen LogP contribution in [0.15, 0.2) is 65.3 Å². The first-order chi connectivity index (χ1) is 12.1. The number of hydrogen-bond acceptors (Lipinski definition) is 2. The first kappa shape index (κ1) is 17.4. The molecule has 0 bridgehead atoms. The second-order valence-electron chi connectivity index (χ2n) is 5.68.